The fourth-order valence-corrected chi connectivity index (χ4v) is 1.20. The number of aromatic carboxylic acids is 1. The molecular weight excluding hydrogens is 213 g/mol. The van der Waals surface area contributed by atoms with Gasteiger partial charge in [0.25, 0.3) is 0 Å². The van der Waals surface area contributed by atoms with Gasteiger partial charge in [0.2, 0.25) is 0 Å². The summed E-state index contributed by atoms with van der Waals surface area (Å²) in [5, 5.41) is 20.5. The maximum Gasteiger partial charge on any atom is 0.337 e. The van der Waals surface area contributed by atoms with E-state index < -0.39 is 11.8 Å². The molecule has 5 heteroatoms. The number of benzene rings is 1. The zero-order chi connectivity index (χ0) is 12.1. The molecule has 1 atom stereocenters. The third-order valence-electron chi connectivity index (χ3n) is 2.16. The zero-order valence-corrected chi connectivity index (χ0v) is 8.90. The first-order valence-corrected chi connectivity index (χ1v) is 4.92. The molecule has 0 fully saturated rings. The van der Waals surface area contributed by atoms with Gasteiger partial charge in [-0.1, -0.05) is 6.92 Å². The molecule has 1 aromatic rings. The molecule has 16 heavy (non-hydrogen) atoms. The molecule has 0 amide bonds. The van der Waals surface area contributed by atoms with Crippen molar-refractivity contribution >= 4 is 11.7 Å². The molecule has 3 N–H and O–H groups in total. The Morgan fingerprint density at radius 3 is 2.81 bits per heavy atom. The standard InChI is InChI=1S/C11H14FNO3/c1-7(6-14)5-13-10-3-2-8(12)4-9(10)11(15)16/h2-4,7,13-14H,5-6H2,1H3,(H,15,16). The minimum atomic E-state index is -1.18. The lowest BCUT2D eigenvalue weighted by atomic mass is 10.1. The Morgan fingerprint density at radius 1 is 1.56 bits per heavy atom. The quantitative estimate of drug-likeness (QED) is 0.714. The largest absolute Gasteiger partial charge is 0.478 e. The maximum atomic E-state index is 12.8. The van der Waals surface area contributed by atoms with Gasteiger partial charge in [-0.15, -0.1) is 0 Å². The molecule has 4 nitrogen and oxygen atoms in total. The van der Waals surface area contributed by atoms with Gasteiger partial charge in [0.1, 0.15) is 5.82 Å². The number of aliphatic hydroxyl groups excluding tert-OH is 1. The van der Waals surface area contributed by atoms with Gasteiger partial charge in [-0.2, -0.15) is 0 Å². The fourth-order valence-electron chi connectivity index (χ4n) is 1.20. The highest BCUT2D eigenvalue weighted by molar-refractivity contribution is 5.94. The summed E-state index contributed by atoms with van der Waals surface area (Å²) in [5.41, 5.74) is 0.249. The third-order valence-corrected chi connectivity index (χ3v) is 2.16. The minimum absolute atomic E-state index is 0.00620. The molecule has 1 unspecified atom stereocenters. The third kappa shape index (κ3) is 3.20. The molecule has 0 saturated heterocycles. The first kappa shape index (κ1) is 12.4. The van der Waals surface area contributed by atoms with Crippen LogP contribution in [-0.2, 0) is 0 Å². The minimum Gasteiger partial charge on any atom is -0.478 e. The maximum absolute atomic E-state index is 12.8. The van der Waals surface area contributed by atoms with Crippen molar-refractivity contribution in [3.05, 3.63) is 29.6 Å². The number of nitrogens with one attached hydrogen (secondary N) is 1. The van der Waals surface area contributed by atoms with Crippen LogP contribution in [0.15, 0.2) is 18.2 Å². The number of carboxylic acids is 1. The summed E-state index contributed by atoms with van der Waals surface area (Å²) in [7, 11) is 0. The van der Waals surface area contributed by atoms with E-state index >= 15 is 0 Å². The van der Waals surface area contributed by atoms with Gasteiger partial charge in [-0.05, 0) is 24.1 Å². The number of carbonyl (C=O) groups is 1. The number of hydrogen-bond acceptors (Lipinski definition) is 3. The first-order valence-electron chi connectivity index (χ1n) is 4.92. The fraction of sp³-hybridized carbons (Fsp3) is 0.364. The zero-order valence-electron chi connectivity index (χ0n) is 8.90. The Bertz CT molecular complexity index is 381. The van der Waals surface area contributed by atoms with Crippen LogP contribution in [0.25, 0.3) is 0 Å². The predicted molar refractivity (Wildman–Crippen MR) is 58.1 cm³/mol. The molecule has 0 aliphatic carbocycles. The Kier molecular flexibility index (Phi) is 4.25. The van der Waals surface area contributed by atoms with Crippen molar-refractivity contribution < 1.29 is 19.4 Å². The summed E-state index contributed by atoms with van der Waals surface area (Å²) in [6.07, 6.45) is 0. The average molecular weight is 227 g/mol. The van der Waals surface area contributed by atoms with Gasteiger partial charge in [-0.25, -0.2) is 9.18 Å². The van der Waals surface area contributed by atoms with E-state index in [1.807, 2.05) is 6.92 Å². The van der Waals surface area contributed by atoms with Gasteiger partial charge < -0.3 is 15.5 Å². The van der Waals surface area contributed by atoms with E-state index in [9.17, 15) is 9.18 Å². The van der Waals surface area contributed by atoms with Crippen LogP contribution < -0.4 is 5.32 Å². The second-order valence-electron chi connectivity index (χ2n) is 3.66. The summed E-state index contributed by atoms with van der Waals surface area (Å²) < 4.78 is 12.8. The predicted octanol–water partition coefficient (Wildman–Crippen LogP) is 1.56. The highest BCUT2D eigenvalue weighted by Gasteiger charge is 2.11. The van der Waals surface area contributed by atoms with E-state index in [4.69, 9.17) is 10.2 Å². The lowest BCUT2D eigenvalue weighted by molar-refractivity contribution is 0.0697. The number of hydrogen-bond donors (Lipinski definition) is 3. The van der Waals surface area contributed by atoms with Crippen LogP contribution in [0, 0.1) is 11.7 Å². The number of rotatable bonds is 5. The van der Waals surface area contributed by atoms with Crippen LogP contribution in [0.1, 0.15) is 17.3 Å². The molecular formula is C11H14FNO3. The SMILES string of the molecule is CC(CO)CNc1ccc(F)cc1C(=O)O. The lowest BCUT2D eigenvalue weighted by Gasteiger charge is -2.12. The highest BCUT2D eigenvalue weighted by atomic mass is 19.1. The first-order chi connectivity index (χ1) is 7.54. The van der Waals surface area contributed by atoms with Crippen molar-refractivity contribution in [2.45, 2.75) is 6.92 Å². The molecule has 0 aliphatic rings. The van der Waals surface area contributed by atoms with Crippen LogP contribution in [0.2, 0.25) is 0 Å². The monoisotopic (exact) mass is 227 g/mol. The molecule has 88 valence electrons. The molecule has 0 radical (unpaired) electrons. The molecule has 0 aliphatic heterocycles. The van der Waals surface area contributed by atoms with Gasteiger partial charge >= 0.3 is 5.97 Å². The van der Waals surface area contributed by atoms with E-state index in [0.717, 1.165) is 6.07 Å². The molecule has 0 bridgehead atoms. The smallest absolute Gasteiger partial charge is 0.337 e. The van der Waals surface area contributed by atoms with E-state index in [1.165, 1.54) is 12.1 Å². The second-order valence-corrected chi connectivity index (χ2v) is 3.66. The van der Waals surface area contributed by atoms with Crippen LogP contribution in [-0.4, -0.2) is 29.3 Å². The molecule has 0 saturated carbocycles. The van der Waals surface area contributed by atoms with Crippen molar-refractivity contribution in [2.24, 2.45) is 5.92 Å². The Labute approximate surface area is 92.7 Å². The van der Waals surface area contributed by atoms with E-state index in [2.05, 4.69) is 5.32 Å². The molecule has 1 rings (SSSR count). The number of aliphatic hydroxyl groups is 1. The van der Waals surface area contributed by atoms with Crippen molar-refractivity contribution in [1.29, 1.82) is 0 Å². The van der Waals surface area contributed by atoms with Crippen molar-refractivity contribution in [2.75, 3.05) is 18.5 Å². The molecule has 0 heterocycles. The molecule has 0 aromatic heterocycles. The molecule has 0 spiro atoms. The van der Waals surface area contributed by atoms with Gasteiger partial charge in [0.15, 0.2) is 0 Å². The van der Waals surface area contributed by atoms with E-state index in [0.29, 0.717) is 12.2 Å². The van der Waals surface area contributed by atoms with E-state index in [1.54, 1.807) is 0 Å². The second kappa shape index (κ2) is 5.46. The average Bonchev–Trinajstić information content (AvgIpc) is 2.26. The van der Waals surface area contributed by atoms with Crippen molar-refractivity contribution in [1.82, 2.24) is 0 Å². The Hall–Kier alpha value is -1.62. The highest BCUT2D eigenvalue weighted by Crippen LogP contribution is 2.17. The van der Waals surface area contributed by atoms with Crippen LogP contribution in [0.3, 0.4) is 0 Å². The summed E-state index contributed by atoms with van der Waals surface area (Å²) in [4.78, 5) is 10.8. The Morgan fingerprint density at radius 2 is 2.25 bits per heavy atom. The number of anilines is 1. The van der Waals surface area contributed by atoms with Crippen molar-refractivity contribution in [3.63, 3.8) is 0 Å². The van der Waals surface area contributed by atoms with E-state index in [-0.39, 0.29) is 18.1 Å². The van der Waals surface area contributed by atoms with Crippen LogP contribution in [0.4, 0.5) is 10.1 Å². The number of halogens is 1. The van der Waals surface area contributed by atoms with Crippen molar-refractivity contribution in [3.8, 4) is 0 Å². The van der Waals surface area contributed by atoms with Gasteiger partial charge in [-0.3, -0.25) is 0 Å². The topological polar surface area (TPSA) is 69.6 Å². The van der Waals surface area contributed by atoms with Gasteiger partial charge in [0.05, 0.1) is 5.56 Å². The van der Waals surface area contributed by atoms with Crippen LogP contribution >= 0.6 is 0 Å². The van der Waals surface area contributed by atoms with Gasteiger partial charge in [0, 0.05) is 18.8 Å². The summed E-state index contributed by atoms with van der Waals surface area (Å²) >= 11 is 0. The lowest BCUT2D eigenvalue weighted by Crippen LogP contribution is -2.16. The Balaban J connectivity index is 2.82. The summed E-state index contributed by atoms with van der Waals surface area (Å²) in [6.45, 7) is 2.26. The molecule has 1 aromatic carbocycles. The summed E-state index contributed by atoms with van der Waals surface area (Å²) in [6, 6.07) is 3.54. The number of carboxylic acid groups (broad SMARTS) is 1. The normalized spacial score (nSPS) is 12.2. The summed E-state index contributed by atoms with van der Waals surface area (Å²) in [5.74, 6) is -1.76. The van der Waals surface area contributed by atoms with Crippen LogP contribution in [0.5, 0.6) is 0 Å².